The lowest BCUT2D eigenvalue weighted by Crippen LogP contribution is -2.26. The van der Waals surface area contributed by atoms with Crippen LogP contribution in [0, 0.1) is 26.6 Å². The lowest BCUT2D eigenvalue weighted by Gasteiger charge is -2.11. The second-order valence-corrected chi connectivity index (χ2v) is 7.51. The van der Waals surface area contributed by atoms with Crippen molar-refractivity contribution in [2.45, 2.75) is 33.7 Å². The lowest BCUT2D eigenvalue weighted by atomic mass is 10.2. The van der Waals surface area contributed by atoms with E-state index < -0.39 is 0 Å². The zero-order valence-corrected chi connectivity index (χ0v) is 17.5. The van der Waals surface area contributed by atoms with Gasteiger partial charge in [-0.2, -0.15) is 5.10 Å². The molecule has 0 spiro atoms. The molecular formula is C23H22FN5O2. The predicted octanol–water partition coefficient (Wildman–Crippen LogP) is 3.68. The number of amides is 1. The smallest absolute Gasteiger partial charge is 0.264 e. The highest BCUT2D eigenvalue weighted by atomic mass is 19.1. The number of fused-ring (bicyclic) bond motifs is 1. The number of hydrogen-bond donors (Lipinski definition) is 1. The number of aromatic nitrogens is 4. The number of aryl methyl sites for hydroxylation is 3. The van der Waals surface area contributed by atoms with Crippen LogP contribution in [0.4, 0.5) is 10.1 Å². The van der Waals surface area contributed by atoms with Gasteiger partial charge in [-0.1, -0.05) is 23.8 Å². The highest BCUT2D eigenvalue weighted by Gasteiger charge is 2.15. The SMILES string of the molecule is Cc1ccc(-n2ncc3c(=O)n(CCC(=O)Nc4ccc(C)c(F)c4)c(C)nc32)cc1. The molecule has 0 aliphatic heterocycles. The van der Waals surface area contributed by atoms with Gasteiger partial charge in [0.15, 0.2) is 5.65 Å². The van der Waals surface area contributed by atoms with Crippen molar-refractivity contribution >= 4 is 22.6 Å². The van der Waals surface area contributed by atoms with E-state index in [2.05, 4.69) is 15.4 Å². The molecule has 7 nitrogen and oxygen atoms in total. The Kier molecular flexibility index (Phi) is 5.37. The summed E-state index contributed by atoms with van der Waals surface area (Å²) in [6.07, 6.45) is 1.55. The lowest BCUT2D eigenvalue weighted by molar-refractivity contribution is -0.116. The van der Waals surface area contributed by atoms with Gasteiger partial charge < -0.3 is 5.32 Å². The van der Waals surface area contributed by atoms with Gasteiger partial charge in [0.2, 0.25) is 5.91 Å². The van der Waals surface area contributed by atoms with Gasteiger partial charge in [0, 0.05) is 18.7 Å². The molecule has 2 aromatic carbocycles. The van der Waals surface area contributed by atoms with Crippen LogP contribution in [0.2, 0.25) is 0 Å². The first-order valence-electron chi connectivity index (χ1n) is 9.91. The Bertz CT molecular complexity index is 1340. The summed E-state index contributed by atoms with van der Waals surface area (Å²) in [7, 11) is 0. The fourth-order valence-electron chi connectivity index (χ4n) is 3.35. The summed E-state index contributed by atoms with van der Waals surface area (Å²) in [5.41, 5.74) is 3.04. The molecule has 0 fully saturated rings. The Morgan fingerprint density at radius 3 is 2.55 bits per heavy atom. The van der Waals surface area contributed by atoms with Gasteiger partial charge in [-0.25, -0.2) is 14.1 Å². The van der Waals surface area contributed by atoms with E-state index in [-0.39, 0.29) is 30.2 Å². The highest BCUT2D eigenvalue weighted by Crippen LogP contribution is 2.16. The topological polar surface area (TPSA) is 81.8 Å². The van der Waals surface area contributed by atoms with Crippen LogP contribution in [0.25, 0.3) is 16.7 Å². The normalized spacial score (nSPS) is 11.1. The molecule has 2 heterocycles. The second-order valence-electron chi connectivity index (χ2n) is 7.51. The van der Waals surface area contributed by atoms with Gasteiger partial charge in [0.1, 0.15) is 17.0 Å². The first-order chi connectivity index (χ1) is 14.8. The monoisotopic (exact) mass is 419 g/mol. The number of benzene rings is 2. The van der Waals surface area contributed by atoms with Crippen molar-refractivity contribution in [1.82, 2.24) is 19.3 Å². The minimum absolute atomic E-state index is 0.0511. The zero-order valence-electron chi connectivity index (χ0n) is 17.5. The molecule has 4 rings (SSSR count). The highest BCUT2D eigenvalue weighted by molar-refractivity contribution is 5.90. The Morgan fingerprint density at radius 1 is 1.10 bits per heavy atom. The van der Waals surface area contributed by atoms with E-state index in [0.717, 1.165) is 11.3 Å². The van der Waals surface area contributed by atoms with Crippen molar-refractivity contribution in [2.24, 2.45) is 0 Å². The Morgan fingerprint density at radius 2 is 1.84 bits per heavy atom. The quantitative estimate of drug-likeness (QED) is 0.535. The van der Waals surface area contributed by atoms with Crippen LogP contribution in [-0.4, -0.2) is 25.2 Å². The van der Waals surface area contributed by atoms with Crippen LogP contribution in [0.3, 0.4) is 0 Å². The van der Waals surface area contributed by atoms with E-state index in [4.69, 9.17) is 0 Å². The summed E-state index contributed by atoms with van der Waals surface area (Å²) >= 11 is 0. The standard InChI is InChI=1S/C23H22FN5O2/c1-14-4-8-18(9-5-14)29-22-19(13-25-29)23(31)28(16(3)26-22)11-10-21(30)27-17-7-6-15(2)20(24)12-17/h4-9,12-13H,10-11H2,1-3H3,(H,27,30). The molecule has 0 bridgehead atoms. The predicted molar refractivity (Wildman–Crippen MR) is 117 cm³/mol. The molecule has 31 heavy (non-hydrogen) atoms. The van der Waals surface area contributed by atoms with Crippen LogP contribution in [-0.2, 0) is 11.3 Å². The maximum Gasteiger partial charge on any atom is 0.264 e. The molecule has 158 valence electrons. The molecule has 0 saturated heterocycles. The molecule has 1 amide bonds. The maximum atomic E-state index is 13.7. The molecule has 8 heteroatoms. The van der Waals surface area contributed by atoms with E-state index in [1.165, 1.54) is 16.8 Å². The molecule has 1 N–H and O–H groups in total. The number of nitrogens with one attached hydrogen (secondary N) is 1. The molecule has 0 aliphatic rings. The number of carbonyl (C=O) groups is 1. The Balaban J connectivity index is 1.55. The van der Waals surface area contributed by atoms with Crippen molar-refractivity contribution in [2.75, 3.05) is 5.32 Å². The Labute approximate surface area is 178 Å². The third-order valence-corrected chi connectivity index (χ3v) is 5.17. The van der Waals surface area contributed by atoms with E-state index in [9.17, 15) is 14.0 Å². The maximum absolute atomic E-state index is 13.7. The minimum Gasteiger partial charge on any atom is -0.326 e. The molecule has 0 saturated carbocycles. The molecule has 4 aromatic rings. The molecule has 0 radical (unpaired) electrons. The summed E-state index contributed by atoms with van der Waals surface area (Å²) in [4.78, 5) is 29.8. The molecule has 2 aromatic heterocycles. The van der Waals surface area contributed by atoms with Crippen molar-refractivity contribution in [3.05, 3.63) is 81.8 Å². The van der Waals surface area contributed by atoms with E-state index in [1.807, 2.05) is 31.2 Å². The largest absolute Gasteiger partial charge is 0.326 e. The molecular weight excluding hydrogens is 397 g/mol. The van der Waals surface area contributed by atoms with E-state index in [1.54, 1.807) is 30.7 Å². The number of nitrogens with zero attached hydrogens (tertiary/aromatic N) is 4. The van der Waals surface area contributed by atoms with Gasteiger partial charge in [0.25, 0.3) is 5.56 Å². The summed E-state index contributed by atoms with van der Waals surface area (Å²) in [6, 6.07) is 12.3. The van der Waals surface area contributed by atoms with Gasteiger partial charge in [-0.3, -0.25) is 14.2 Å². The third kappa shape index (κ3) is 4.09. The number of carbonyl (C=O) groups excluding carboxylic acids is 1. The molecule has 0 aliphatic carbocycles. The van der Waals surface area contributed by atoms with Crippen molar-refractivity contribution in [3.63, 3.8) is 0 Å². The van der Waals surface area contributed by atoms with Gasteiger partial charge in [-0.15, -0.1) is 0 Å². The van der Waals surface area contributed by atoms with Gasteiger partial charge in [-0.05, 0) is 50.6 Å². The van der Waals surface area contributed by atoms with Crippen LogP contribution < -0.4 is 10.9 Å². The molecule has 0 unspecified atom stereocenters. The summed E-state index contributed by atoms with van der Waals surface area (Å²) in [5, 5.41) is 7.37. The van der Waals surface area contributed by atoms with Gasteiger partial charge >= 0.3 is 0 Å². The third-order valence-electron chi connectivity index (χ3n) is 5.17. The fraction of sp³-hybridized carbons (Fsp3) is 0.217. The molecule has 0 atom stereocenters. The van der Waals surface area contributed by atoms with Gasteiger partial charge in [0.05, 0.1) is 11.9 Å². The van der Waals surface area contributed by atoms with Crippen molar-refractivity contribution in [1.29, 1.82) is 0 Å². The average molecular weight is 419 g/mol. The summed E-state index contributed by atoms with van der Waals surface area (Å²) in [5.74, 6) is -0.212. The first-order valence-corrected chi connectivity index (χ1v) is 9.91. The van der Waals surface area contributed by atoms with E-state index in [0.29, 0.717) is 28.1 Å². The first kappa shape index (κ1) is 20.5. The average Bonchev–Trinajstić information content (AvgIpc) is 3.15. The number of rotatable bonds is 5. The number of hydrogen-bond acceptors (Lipinski definition) is 4. The van der Waals surface area contributed by atoms with Crippen molar-refractivity contribution < 1.29 is 9.18 Å². The van der Waals surface area contributed by atoms with Crippen LogP contribution in [0.1, 0.15) is 23.4 Å². The minimum atomic E-state index is -0.384. The van der Waals surface area contributed by atoms with E-state index >= 15 is 0 Å². The van der Waals surface area contributed by atoms with Crippen LogP contribution in [0.15, 0.2) is 53.5 Å². The number of halogens is 1. The summed E-state index contributed by atoms with van der Waals surface area (Å²) in [6.45, 7) is 5.53. The Hall–Kier alpha value is -3.81. The fourth-order valence-corrected chi connectivity index (χ4v) is 3.35. The van der Waals surface area contributed by atoms with Crippen LogP contribution >= 0.6 is 0 Å². The second kappa shape index (κ2) is 8.14. The van der Waals surface area contributed by atoms with Crippen molar-refractivity contribution in [3.8, 4) is 5.69 Å². The zero-order chi connectivity index (χ0) is 22.1. The summed E-state index contributed by atoms with van der Waals surface area (Å²) < 4.78 is 16.8. The number of anilines is 1. The van der Waals surface area contributed by atoms with Crippen LogP contribution in [0.5, 0.6) is 0 Å².